The predicted octanol–water partition coefficient (Wildman–Crippen LogP) is 4.12. The highest BCUT2D eigenvalue weighted by Gasteiger charge is 2.15. The van der Waals surface area contributed by atoms with E-state index in [0.29, 0.717) is 11.6 Å². The first kappa shape index (κ1) is 22.7. The fourth-order valence-corrected chi connectivity index (χ4v) is 3.89. The van der Waals surface area contributed by atoms with Crippen LogP contribution in [-0.2, 0) is 22.4 Å². The number of aromatic nitrogens is 3. The van der Waals surface area contributed by atoms with Crippen molar-refractivity contribution < 1.29 is 14.6 Å². The maximum atomic E-state index is 12.8. The minimum Gasteiger partial charge on any atom is -0.493 e. The van der Waals surface area contributed by atoms with Crippen LogP contribution in [0.5, 0.6) is 5.88 Å². The Balaban J connectivity index is 1.80. The molecule has 3 heterocycles. The van der Waals surface area contributed by atoms with Gasteiger partial charge in [-0.15, -0.1) is 11.3 Å². The van der Waals surface area contributed by atoms with E-state index in [1.807, 2.05) is 6.07 Å². The van der Waals surface area contributed by atoms with Crippen LogP contribution in [0.3, 0.4) is 0 Å². The molecule has 7 nitrogen and oxygen atoms in total. The van der Waals surface area contributed by atoms with E-state index in [4.69, 9.17) is 4.74 Å². The van der Waals surface area contributed by atoms with Crippen LogP contribution in [0.1, 0.15) is 62.4 Å². The van der Waals surface area contributed by atoms with Gasteiger partial charge in [0.2, 0.25) is 5.88 Å². The predicted molar refractivity (Wildman–Crippen MR) is 122 cm³/mol. The van der Waals surface area contributed by atoms with E-state index < -0.39 is 23.0 Å². The lowest BCUT2D eigenvalue weighted by atomic mass is 10.1. The highest BCUT2D eigenvalue weighted by molar-refractivity contribution is 7.09. The van der Waals surface area contributed by atoms with Crippen LogP contribution >= 0.6 is 11.3 Å². The Bertz CT molecular complexity index is 1190. The average molecular weight is 442 g/mol. The normalized spacial score (nSPS) is 12.2. The van der Waals surface area contributed by atoms with Gasteiger partial charge in [-0.2, -0.15) is 4.98 Å². The molecule has 8 heteroatoms. The Hall–Kier alpha value is -3.00. The summed E-state index contributed by atoms with van der Waals surface area (Å²) in [7, 11) is 0. The number of carbonyl (C=O) groups excluding carboxylic acids is 1. The first-order valence-electron chi connectivity index (χ1n) is 10.1. The maximum absolute atomic E-state index is 12.8. The van der Waals surface area contributed by atoms with Gasteiger partial charge in [0.15, 0.2) is 0 Å². The monoisotopic (exact) mass is 441 g/mol. The maximum Gasteiger partial charge on any atom is 0.331 e. The second-order valence-corrected chi connectivity index (χ2v) is 9.55. The second kappa shape index (κ2) is 9.01. The van der Waals surface area contributed by atoms with Crippen molar-refractivity contribution in [2.45, 2.75) is 59.0 Å². The van der Waals surface area contributed by atoms with Crippen LogP contribution in [0.25, 0.3) is 11.7 Å². The molecule has 3 rings (SSSR count). The lowest BCUT2D eigenvalue weighted by Gasteiger charge is -2.17. The summed E-state index contributed by atoms with van der Waals surface area (Å²) >= 11 is 1.65. The van der Waals surface area contributed by atoms with E-state index in [-0.39, 0.29) is 5.56 Å². The second-order valence-electron chi connectivity index (χ2n) is 8.61. The molecule has 0 spiro atoms. The number of ether oxygens (including phenoxy) is 1. The Morgan fingerprint density at radius 1 is 1.29 bits per heavy atom. The van der Waals surface area contributed by atoms with E-state index in [2.05, 4.69) is 29.2 Å². The largest absolute Gasteiger partial charge is 0.493 e. The average Bonchev–Trinajstić information content (AvgIpc) is 3.14. The molecule has 0 saturated heterocycles. The Morgan fingerprint density at radius 3 is 2.68 bits per heavy atom. The van der Waals surface area contributed by atoms with Gasteiger partial charge in [0, 0.05) is 24.1 Å². The van der Waals surface area contributed by atoms with Gasteiger partial charge in [-0.25, -0.2) is 9.78 Å². The Kier molecular flexibility index (Phi) is 6.59. The van der Waals surface area contributed by atoms with Crippen molar-refractivity contribution in [3.05, 3.63) is 62.0 Å². The molecule has 31 heavy (non-hydrogen) atoms. The van der Waals surface area contributed by atoms with Crippen molar-refractivity contribution in [3.63, 3.8) is 0 Å². The van der Waals surface area contributed by atoms with E-state index in [1.54, 1.807) is 44.4 Å². The van der Waals surface area contributed by atoms with Gasteiger partial charge in [-0.1, -0.05) is 13.8 Å². The molecular weight excluding hydrogens is 414 g/mol. The standard InChI is InChI=1S/C23H27N3O4S/c1-14(2)17-13-31-19(24-17)8-6-15-10-11-26-18(12-15)25-21(28)16(22(26)29)7-9-20(27)30-23(3,4)5/h7,9-14,28H,6,8H2,1-5H3/b9-7+. The number of rotatable bonds is 6. The zero-order chi connectivity index (χ0) is 22.8. The van der Waals surface area contributed by atoms with E-state index >= 15 is 0 Å². The molecule has 0 fully saturated rings. The number of aryl methyl sites for hydroxylation is 2. The summed E-state index contributed by atoms with van der Waals surface area (Å²) in [4.78, 5) is 33.4. The number of thiazole rings is 1. The molecule has 0 aliphatic rings. The van der Waals surface area contributed by atoms with Gasteiger partial charge >= 0.3 is 5.97 Å². The molecule has 3 aromatic rings. The van der Waals surface area contributed by atoms with Crippen LogP contribution in [0.2, 0.25) is 0 Å². The number of aromatic hydroxyl groups is 1. The third kappa shape index (κ3) is 5.79. The van der Waals surface area contributed by atoms with Crippen molar-refractivity contribution in [2.24, 2.45) is 0 Å². The first-order valence-corrected chi connectivity index (χ1v) is 11.0. The number of fused-ring (bicyclic) bond motifs is 1. The summed E-state index contributed by atoms with van der Waals surface area (Å²) < 4.78 is 6.52. The quantitative estimate of drug-likeness (QED) is 0.457. The van der Waals surface area contributed by atoms with Crippen LogP contribution in [0.15, 0.2) is 34.6 Å². The number of hydrogen-bond acceptors (Lipinski definition) is 7. The first-order chi connectivity index (χ1) is 14.5. The third-order valence-electron chi connectivity index (χ3n) is 4.49. The van der Waals surface area contributed by atoms with Crippen molar-refractivity contribution in [1.82, 2.24) is 14.4 Å². The van der Waals surface area contributed by atoms with Crippen LogP contribution < -0.4 is 5.56 Å². The molecule has 0 aromatic carbocycles. The molecular formula is C23H27N3O4S. The molecule has 0 bridgehead atoms. The van der Waals surface area contributed by atoms with E-state index in [0.717, 1.165) is 35.2 Å². The molecule has 0 aliphatic heterocycles. The summed E-state index contributed by atoms with van der Waals surface area (Å²) in [5.41, 5.74) is 1.26. The topological polar surface area (TPSA) is 93.8 Å². The van der Waals surface area contributed by atoms with Crippen LogP contribution in [-0.4, -0.2) is 31.0 Å². The lowest BCUT2D eigenvalue weighted by Crippen LogP contribution is -2.22. The summed E-state index contributed by atoms with van der Waals surface area (Å²) in [6.45, 7) is 9.48. The molecule has 1 N–H and O–H groups in total. The van der Waals surface area contributed by atoms with Gasteiger partial charge in [-0.3, -0.25) is 9.20 Å². The van der Waals surface area contributed by atoms with E-state index in [9.17, 15) is 14.7 Å². The SMILES string of the molecule is CC(C)c1csc(CCc2ccn3c(=O)c(/C=C/C(=O)OC(C)(C)C)c(O)nc3c2)n1. The minimum atomic E-state index is -0.647. The smallest absolute Gasteiger partial charge is 0.331 e. The Labute approximate surface area is 185 Å². The molecule has 0 atom stereocenters. The molecule has 0 unspecified atom stereocenters. The lowest BCUT2D eigenvalue weighted by molar-refractivity contribution is -0.148. The van der Waals surface area contributed by atoms with Crippen molar-refractivity contribution >= 4 is 29.0 Å². The van der Waals surface area contributed by atoms with Gasteiger partial charge in [0.1, 0.15) is 16.8 Å². The number of esters is 1. The van der Waals surface area contributed by atoms with Crippen molar-refractivity contribution in [3.8, 4) is 5.88 Å². The highest BCUT2D eigenvalue weighted by Crippen LogP contribution is 2.20. The molecule has 3 aromatic heterocycles. The van der Waals surface area contributed by atoms with Gasteiger partial charge in [0.05, 0.1) is 10.7 Å². The number of hydrogen-bond donors (Lipinski definition) is 1. The van der Waals surface area contributed by atoms with Crippen molar-refractivity contribution in [2.75, 3.05) is 0 Å². The van der Waals surface area contributed by atoms with Gasteiger partial charge in [-0.05, 0) is 56.9 Å². The van der Waals surface area contributed by atoms with Crippen LogP contribution in [0, 0.1) is 0 Å². The molecule has 0 aliphatic carbocycles. The fourth-order valence-electron chi connectivity index (χ4n) is 2.93. The summed E-state index contributed by atoms with van der Waals surface area (Å²) in [6.07, 6.45) is 5.52. The summed E-state index contributed by atoms with van der Waals surface area (Å²) in [5, 5.41) is 13.4. The number of nitrogens with zero attached hydrogens (tertiary/aromatic N) is 3. The minimum absolute atomic E-state index is 0.0693. The molecule has 164 valence electrons. The molecule has 0 amide bonds. The number of pyridine rings is 1. The number of carbonyl (C=O) groups is 1. The van der Waals surface area contributed by atoms with Crippen molar-refractivity contribution in [1.29, 1.82) is 0 Å². The van der Waals surface area contributed by atoms with Gasteiger partial charge < -0.3 is 9.84 Å². The van der Waals surface area contributed by atoms with Gasteiger partial charge in [0.25, 0.3) is 5.56 Å². The molecule has 0 saturated carbocycles. The Morgan fingerprint density at radius 2 is 2.03 bits per heavy atom. The third-order valence-corrected chi connectivity index (χ3v) is 5.42. The summed E-state index contributed by atoms with van der Waals surface area (Å²) in [6, 6.07) is 3.63. The van der Waals surface area contributed by atoms with E-state index in [1.165, 1.54) is 10.5 Å². The zero-order valence-corrected chi connectivity index (χ0v) is 19.2. The molecule has 0 radical (unpaired) electrons. The highest BCUT2D eigenvalue weighted by atomic mass is 32.1. The van der Waals surface area contributed by atoms with Crippen LogP contribution in [0.4, 0.5) is 0 Å². The fraction of sp³-hybridized carbons (Fsp3) is 0.391. The summed E-state index contributed by atoms with van der Waals surface area (Å²) in [5.74, 6) is -0.624. The zero-order valence-electron chi connectivity index (χ0n) is 18.4.